The van der Waals surface area contributed by atoms with Crippen LogP contribution in [0.3, 0.4) is 0 Å². The SMILES string of the molecule is C=C(CCC=C(C)C)[C@H]1CN(C(=O)OC(C)(C)C)[C@H](C(=O)OC)[C@H]1CC(=O)OC. The number of likely N-dealkylation sites (tertiary alicyclic amines) is 1. The standard InChI is InChI=1S/C22H35NO6/c1-14(2)10-9-11-15(3)17-13-23(21(26)29-22(4,5)6)19(20(25)28-8)16(17)12-18(24)27-7/h10,16-17,19H,3,9,11-13H2,1-2,4-8H3/t16-,17+,19-/m0/s1. The van der Waals surface area contributed by atoms with Crippen LogP contribution in [0.15, 0.2) is 23.8 Å². The molecule has 3 atom stereocenters. The Labute approximate surface area is 174 Å². The van der Waals surface area contributed by atoms with Gasteiger partial charge in [-0.15, -0.1) is 0 Å². The molecule has 0 N–H and O–H groups in total. The number of rotatable bonds is 7. The third-order valence-corrected chi connectivity index (χ3v) is 4.89. The monoisotopic (exact) mass is 409 g/mol. The lowest BCUT2D eigenvalue weighted by atomic mass is 9.81. The molecule has 0 spiro atoms. The number of nitrogens with zero attached hydrogens (tertiary/aromatic N) is 1. The van der Waals surface area contributed by atoms with E-state index in [2.05, 4.69) is 12.7 Å². The molecule has 0 aliphatic carbocycles. The van der Waals surface area contributed by atoms with Crippen LogP contribution >= 0.6 is 0 Å². The van der Waals surface area contributed by atoms with E-state index in [1.165, 1.54) is 24.7 Å². The van der Waals surface area contributed by atoms with Crippen molar-refractivity contribution < 1.29 is 28.6 Å². The summed E-state index contributed by atoms with van der Waals surface area (Å²) in [5, 5.41) is 0. The molecule has 0 saturated carbocycles. The van der Waals surface area contributed by atoms with Gasteiger partial charge in [0.25, 0.3) is 0 Å². The largest absolute Gasteiger partial charge is 0.469 e. The first-order valence-corrected chi connectivity index (χ1v) is 9.86. The quantitative estimate of drug-likeness (QED) is 0.361. The van der Waals surface area contributed by atoms with Gasteiger partial charge in [-0.1, -0.05) is 23.8 Å². The third kappa shape index (κ3) is 7.22. The highest BCUT2D eigenvalue weighted by molar-refractivity contribution is 5.84. The van der Waals surface area contributed by atoms with E-state index in [4.69, 9.17) is 14.2 Å². The predicted octanol–water partition coefficient (Wildman–Crippen LogP) is 3.88. The molecule has 0 aromatic rings. The van der Waals surface area contributed by atoms with Crippen LogP contribution in [0.2, 0.25) is 0 Å². The van der Waals surface area contributed by atoms with Crippen molar-refractivity contribution in [2.75, 3.05) is 20.8 Å². The molecule has 0 aromatic heterocycles. The molecule has 1 rings (SSSR count). The van der Waals surface area contributed by atoms with Gasteiger partial charge >= 0.3 is 18.0 Å². The lowest BCUT2D eigenvalue weighted by Gasteiger charge is -2.28. The zero-order valence-electron chi connectivity index (χ0n) is 18.7. The summed E-state index contributed by atoms with van der Waals surface area (Å²) in [5.74, 6) is -1.75. The number of methoxy groups -OCH3 is 2. The van der Waals surface area contributed by atoms with Crippen LogP contribution in [0.25, 0.3) is 0 Å². The molecule has 1 saturated heterocycles. The third-order valence-electron chi connectivity index (χ3n) is 4.89. The van der Waals surface area contributed by atoms with Crippen LogP contribution in [0.1, 0.15) is 53.9 Å². The second-order valence-corrected chi connectivity index (χ2v) is 8.63. The molecule has 164 valence electrons. The number of amides is 1. The van der Waals surface area contributed by atoms with Gasteiger partial charge in [0.05, 0.1) is 20.6 Å². The summed E-state index contributed by atoms with van der Waals surface area (Å²) in [5.41, 5.74) is 1.38. The number of carbonyl (C=O) groups is 3. The Balaban J connectivity index is 3.21. The minimum Gasteiger partial charge on any atom is -0.469 e. The van der Waals surface area contributed by atoms with E-state index in [-0.39, 0.29) is 18.9 Å². The Bertz CT molecular complexity index is 657. The van der Waals surface area contributed by atoms with Gasteiger partial charge < -0.3 is 14.2 Å². The summed E-state index contributed by atoms with van der Waals surface area (Å²) >= 11 is 0. The fourth-order valence-corrected chi connectivity index (χ4v) is 3.54. The van der Waals surface area contributed by atoms with Gasteiger partial charge in [0, 0.05) is 18.4 Å². The summed E-state index contributed by atoms with van der Waals surface area (Å²) in [7, 11) is 2.57. The summed E-state index contributed by atoms with van der Waals surface area (Å²) < 4.78 is 15.3. The maximum Gasteiger partial charge on any atom is 0.411 e. The van der Waals surface area contributed by atoms with E-state index in [1.54, 1.807) is 20.8 Å². The Morgan fingerprint density at radius 2 is 1.76 bits per heavy atom. The molecule has 1 fully saturated rings. The highest BCUT2D eigenvalue weighted by atomic mass is 16.6. The topological polar surface area (TPSA) is 82.1 Å². The van der Waals surface area contributed by atoms with Crippen LogP contribution in [0.4, 0.5) is 4.79 Å². The molecule has 1 heterocycles. The zero-order chi connectivity index (χ0) is 22.4. The Hall–Kier alpha value is -2.31. The molecular formula is C22H35NO6. The Kier molecular flexibility index (Phi) is 8.92. The highest BCUT2D eigenvalue weighted by Gasteiger charge is 2.50. The van der Waals surface area contributed by atoms with Crippen LogP contribution < -0.4 is 0 Å². The van der Waals surface area contributed by atoms with Gasteiger partial charge in [0.2, 0.25) is 0 Å². The number of ether oxygens (including phenoxy) is 3. The van der Waals surface area contributed by atoms with Gasteiger partial charge in [-0.3, -0.25) is 9.69 Å². The van der Waals surface area contributed by atoms with Crippen molar-refractivity contribution in [1.82, 2.24) is 4.90 Å². The van der Waals surface area contributed by atoms with Crippen molar-refractivity contribution in [3.8, 4) is 0 Å². The number of allylic oxidation sites excluding steroid dienone is 2. The molecule has 0 bridgehead atoms. The summed E-state index contributed by atoms with van der Waals surface area (Å²) in [6.07, 6.45) is 2.99. The van der Waals surface area contributed by atoms with Crippen molar-refractivity contribution in [3.05, 3.63) is 23.8 Å². The minimum absolute atomic E-state index is 0.0120. The van der Waals surface area contributed by atoms with E-state index < -0.39 is 35.6 Å². The first-order chi connectivity index (χ1) is 13.4. The fourth-order valence-electron chi connectivity index (χ4n) is 3.54. The van der Waals surface area contributed by atoms with E-state index in [0.717, 1.165) is 12.0 Å². The van der Waals surface area contributed by atoms with Crippen molar-refractivity contribution in [2.24, 2.45) is 11.8 Å². The van der Waals surface area contributed by atoms with E-state index in [1.807, 2.05) is 13.8 Å². The number of hydrogen-bond donors (Lipinski definition) is 0. The lowest BCUT2D eigenvalue weighted by Crippen LogP contribution is -2.46. The van der Waals surface area contributed by atoms with Gasteiger partial charge in [0.1, 0.15) is 11.6 Å². The summed E-state index contributed by atoms with van der Waals surface area (Å²) in [4.78, 5) is 38.8. The average Bonchev–Trinajstić information content (AvgIpc) is 2.98. The van der Waals surface area contributed by atoms with Crippen LogP contribution in [0.5, 0.6) is 0 Å². The Morgan fingerprint density at radius 1 is 1.14 bits per heavy atom. The fraction of sp³-hybridized carbons (Fsp3) is 0.682. The molecule has 1 amide bonds. The van der Waals surface area contributed by atoms with Crippen molar-refractivity contribution >= 4 is 18.0 Å². The van der Waals surface area contributed by atoms with Crippen LogP contribution in [-0.4, -0.2) is 55.3 Å². The van der Waals surface area contributed by atoms with Crippen LogP contribution in [-0.2, 0) is 23.8 Å². The lowest BCUT2D eigenvalue weighted by molar-refractivity contribution is -0.148. The molecule has 29 heavy (non-hydrogen) atoms. The smallest absolute Gasteiger partial charge is 0.411 e. The van der Waals surface area contributed by atoms with Gasteiger partial charge in [0.15, 0.2) is 0 Å². The maximum atomic E-state index is 12.8. The van der Waals surface area contributed by atoms with Crippen LogP contribution in [0, 0.1) is 11.8 Å². The molecule has 7 heteroatoms. The van der Waals surface area contributed by atoms with E-state index in [0.29, 0.717) is 6.42 Å². The number of esters is 2. The number of carbonyl (C=O) groups excluding carboxylic acids is 3. The second-order valence-electron chi connectivity index (χ2n) is 8.63. The van der Waals surface area contributed by atoms with Gasteiger partial charge in [-0.25, -0.2) is 9.59 Å². The van der Waals surface area contributed by atoms with Crippen molar-refractivity contribution in [3.63, 3.8) is 0 Å². The zero-order valence-corrected chi connectivity index (χ0v) is 18.7. The number of hydrogen-bond acceptors (Lipinski definition) is 6. The normalized spacial score (nSPS) is 21.3. The highest BCUT2D eigenvalue weighted by Crippen LogP contribution is 2.39. The molecule has 0 radical (unpaired) electrons. The summed E-state index contributed by atoms with van der Waals surface area (Å²) in [6.45, 7) is 13.8. The molecule has 0 aromatic carbocycles. The van der Waals surface area contributed by atoms with Crippen molar-refractivity contribution in [1.29, 1.82) is 0 Å². The maximum absolute atomic E-state index is 12.8. The van der Waals surface area contributed by atoms with Gasteiger partial charge in [-0.05, 0) is 47.5 Å². The molecule has 1 aliphatic rings. The average molecular weight is 410 g/mol. The van der Waals surface area contributed by atoms with Gasteiger partial charge in [-0.2, -0.15) is 0 Å². The first-order valence-electron chi connectivity index (χ1n) is 9.86. The summed E-state index contributed by atoms with van der Waals surface area (Å²) in [6, 6.07) is -0.931. The predicted molar refractivity (Wildman–Crippen MR) is 110 cm³/mol. The van der Waals surface area contributed by atoms with E-state index in [9.17, 15) is 14.4 Å². The first kappa shape index (κ1) is 24.7. The second kappa shape index (κ2) is 10.5. The Morgan fingerprint density at radius 3 is 2.24 bits per heavy atom. The molecule has 0 unspecified atom stereocenters. The minimum atomic E-state index is -0.931. The molecule has 7 nitrogen and oxygen atoms in total. The molecular weight excluding hydrogens is 374 g/mol. The van der Waals surface area contributed by atoms with E-state index >= 15 is 0 Å². The molecule has 1 aliphatic heterocycles. The van der Waals surface area contributed by atoms with Crippen molar-refractivity contribution in [2.45, 2.75) is 65.5 Å².